The molecule has 1 aliphatic heterocycles. The number of hydrogen-bond acceptors (Lipinski definition) is 8. The summed E-state index contributed by atoms with van der Waals surface area (Å²) in [5.74, 6) is 2.61. The molecule has 1 aromatic carbocycles. The van der Waals surface area contributed by atoms with Gasteiger partial charge in [0.25, 0.3) is 0 Å². The standard InChI is InChI=1S/C18H17N5O2S/c1-10(19)15-16(20-2)18(23-17(22-15)14-4-3-7-26-14)21-11-5-6-12-13(8-11)25-9-24-12/h3-8,19-20H,9H2,1-2H3,(H,21,22,23). The van der Waals surface area contributed by atoms with Crippen LogP contribution < -0.4 is 20.1 Å². The second kappa shape index (κ2) is 6.64. The lowest BCUT2D eigenvalue weighted by molar-refractivity contribution is 0.174. The first-order valence-electron chi connectivity index (χ1n) is 8.01. The molecular weight excluding hydrogens is 350 g/mol. The number of anilines is 3. The fourth-order valence-corrected chi connectivity index (χ4v) is 3.34. The summed E-state index contributed by atoms with van der Waals surface area (Å²) in [4.78, 5) is 10.2. The van der Waals surface area contributed by atoms with Crippen LogP contribution in [-0.4, -0.2) is 29.5 Å². The van der Waals surface area contributed by atoms with Crippen molar-refractivity contribution in [3.8, 4) is 22.2 Å². The molecular formula is C18H17N5O2S. The third-order valence-electron chi connectivity index (χ3n) is 3.89. The molecule has 3 heterocycles. The Morgan fingerprint density at radius 2 is 2.04 bits per heavy atom. The van der Waals surface area contributed by atoms with E-state index in [1.54, 1.807) is 25.3 Å². The minimum Gasteiger partial charge on any atom is -0.454 e. The summed E-state index contributed by atoms with van der Waals surface area (Å²) in [6.07, 6.45) is 0. The molecule has 0 fully saturated rings. The Labute approximate surface area is 154 Å². The van der Waals surface area contributed by atoms with Crippen molar-refractivity contribution in [2.75, 3.05) is 24.5 Å². The number of hydrogen-bond donors (Lipinski definition) is 3. The van der Waals surface area contributed by atoms with Gasteiger partial charge in [-0.05, 0) is 30.5 Å². The SMILES string of the molecule is CNc1c(Nc2ccc3c(c2)OCO3)nc(-c2cccs2)nc1C(C)=N. The zero-order valence-corrected chi connectivity index (χ0v) is 15.1. The normalized spacial score (nSPS) is 12.1. The third-order valence-corrected chi connectivity index (χ3v) is 4.76. The van der Waals surface area contributed by atoms with E-state index in [4.69, 9.17) is 14.9 Å². The number of benzene rings is 1. The summed E-state index contributed by atoms with van der Waals surface area (Å²) in [6, 6.07) is 9.54. The van der Waals surface area contributed by atoms with E-state index in [9.17, 15) is 0 Å². The van der Waals surface area contributed by atoms with Crippen LogP contribution in [0.3, 0.4) is 0 Å². The van der Waals surface area contributed by atoms with Crippen LogP contribution in [0.5, 0.6) is 11.5 Å². The number of fused-ring (bicyclic) bond motifs is 1. The predicted molar refractivity (Wildman–Crippen MR) is 103 cm³/mol. The maximum absolute atomic E-state index is 8.09. The van der Waals surface area contributed by atoms with E-state index in [2.05, 4.69) is 20.6 Å². The third kappa shape index (κ3) is 2.95. The van der Waals surface area contributed by atoms with E-state index in [-0.39, 0.29) is 6.79 Å². The van der Waals surface area contributed by atoms with Crippen molar-refractivity contribution >= 4 is 34.2 Å². The van der Waals surface area contributed by atoms with Crippen LogP contribution in [0.1, 0.15) is 12.6 Å². The Kier molecular flexibility index (Phi) is 4.18. The van der Waals surface area contributed by atoms with E-state index >= 15 is 0 Å². The summed E-state index contributed by atoms with van der Waals surface area (Å²) in [5, 5.41) is 16.5. The second-order valence-electron chi connectivity index (χ2n) is 5.66. The van der Waals surface area contributed by atoms with Crippen molar-refractivity contribution in [1.29, 1.82) is 5.41 Å². The Bertz CT molecular complexity index is 972. The van der Waals surface area contributed by atoms with Crippen molar-refractivity contribution in [2.45, 2.75) is 6.92 Å². The van der Waals surface area contributed by atoms with Gasteiger partial charge < -0.3 is 25.5 Å². The molecule has 7 nitrogen and oxygen atoms in total. The first kappa shape index (κ1) is 16.3. The Hall–Kier alpha value is -3.13. The smallest absolute Gasteiger partial charge is 0.231 e. The Morgan fingerprint density at radius 3 is 2.77 bits per heavy atom. The van der Waals surface area contributed by atoms with E-state index in [0.717, 1.165) is 16.3 Å². The lowest BCUT2D eigenvalue weighted by Gasteiger charge is -2.15. The molecule has 26 heavy (non-hydrogen) atoms. The zero-order chi connectivity index (χ0) is 18.1. The number of aromatic nitrogens is 2. The first-order chi connectivity index (χ1) is 12.7. The molecule has 0 spiro atoms. The summed E-state index contributed by atoms with van der Waals surface area (Å²) >= 11 is 1.56. The predicted octanol–water partition coefficient (Wildman–Crippen LogP) is 4.11. The van der Waals surface area contributed by atoms with E-state index in [1.165, 1.54) is 0 Å². The monoisotopic (exact) mass is 367 g/mol. The summed E-state index contributed by atoms with van der Waals surface area (Å²) in [5.41, 5.74) is 2.42. The van der Waals surface area contributed by atoms with Crippen molar-refractivity contribution < 1.29 is 9.47 Å². The highest BCUT2D eigenvalue weighted by atomic mass is 32.1. The fraction of sp³-hybridized carbons (Fsp3) is 0.167. The summed E-state index contributed by atoms with van der Waals surface area (Å²) < 4.78 is 10.8. The van der Waals surface area contributed by atoms with Crippen LogP contribution in [0, 0.1) is 5.41 Å². The van der Waals surface area contributed by atoms with Gasteiger partial charge in [0, 0.05) is 18.8 Å². The van der Waals surface area contributed by atoms with Crippen LogP contribution in [-0.2, 0) is 0 Å². The number of rotatable bonds is 5. The summed E-state index contributed by atoms with van der Waals surface area (Å²) in [6.45, 7) is 1.94. The van der Waals surface area contributed by atoms with Crippen LogP contribution >= 0.6 is 11.3 Å². The molecule has 0 atom stereocenters. The van der Waals surface area contributed by atoms with Gasteiger partial charge >= 0.3 is 0 Å². The highest BCUT2D eigenvalue weighted by molar-refractivity contribution is 7.13. The quantitative estimate of drug-likeness (QED) is 0.588. The van der Waals surface area contributed by atoms with Crippen molar-refractivity contribution in [3.05, 3.63) is 41.4 Å². The van der Waals surface area contributed by atoms with E-state index < -0.39 is 0 Å². The minimum absolute atomic E-state index is 0.230. The molecule has 0 unspecified atom stereocenters. The average molecular weight is 367 g/mol. The van der Waals surface area contributed by atoms with Gasteiger partial charge in [-0.15, -0.1) is 11.3 Å². The van der Waals surface area contributed by atoms with Crippen molar-refractivity contribution in [3.63, 3.8) is 0 Å². The molecule has 1 aliphatic rings. The van der Waals surface area contributed by atoms with E-state index in [1.807, 2.05) is 35.7 Å². The lowest BCUT2D eigenvalue weighted by Crippen LogP contribution is -2.10. The number of nitrogens with zero attached hydrogens (tertiary/aromatic N) is 2. The van der Waals surface area contributed by atoms with Gasteiger partial charge in [0.05, 0.1) is 10.6 Å². The van der Waals surface area contributed by atoms with Gasteiger partial charge in [-0.25, -0.2) is 9.97 Å². The molecule has 3 aromatic rings. The fourth-order valence-electron chi connectivity index (χ4n) is 2.69. The van der Waals surface area contributed by atoms with E-state index in [0.29, 0.717) is 34.5 Å². The van der Waals surface area contributed by atoms with Gasteiger partial charge in [-0.2, -0.15) is 0 Å². The first-order valence-corrected chi connectivity index (χ1v) is 8.89. The molecule has 8 heteroatoms. The van der Waals surface area contributed by atoms with Crippen LogP contribution in [0.15, 0.2) is 35.7 Å². The van der Waals surface area contributed by atoms with Gasteiger partial charge in [-0.1, -0.05) is 6.07 Å². The minimum atomic E-state index is 0.230. The molecule has 0 aliphatic carbocycles. The molecule has 4 rings (SSSR count). The van der Waals surface area contributed by atoms with Crippen LogP contribution in [0.4, 0.5) is 17.2 Å². The molecule has 0 saturated heterocycles. The molecule has 3 N–H and O–H groups in total. The van der Waals surface area contributed by atoms with Gasteiger partial charge in [0.1, 0.15) is 11.4 Å². The van der Waals surface area contributed by atoms with Gasteiger partial charge in [0.2, 0.25) is 6.79 Å². The molecule has 0 bridgehead atoms. The number of thiophene rings is 1. The number of nitrogens with one attached hydrogen (secondary N) is 3. The number of ether oxygens (including phenoxy) is 2. The topological polar surface area (TPSA) is 92.2 Å². The van der Waals surface area contributed by atoms with Gasteiger partial charge in [-0.3, -0.25) is 0 Å². The van der Waals surface area contributed by atoms with Crippen LogP contribution in [0.2, 0.25) is 0 Å². The zero-order valence-electron chi connectivity index (χ0n) is 14.3. The average Bonchev–Trinajstić information content (AvgIpc) is 3.32. The Morgan fingerprint density at radius 1 is 1.19 bits per heavy atom. The molecule has 132 valence electrons. The molecule has 0 amide bonds. The summed E-state index contributed by atoms with van der Waals surface area (Å²) in [7, 11) is 1.79. The van der Waals surface area contributed by atoms with Crippen molar-refractivity contribution in [1.82, 2.24) is 9.97 Å². The highest BCUT2D eigenvalue weighted by Crippen LogP contribution is 2.36. The largest absolute Gasteiger partial charge is 0.454 e. The maximum Gasteiger partial charge on any atom is 0.231 e. The molecule has 0 radical (unpaired) electrons. The maximum atomic E-state index is 8.09. The second-order valence-corrected chi connectivity index (χ2v) is 6.61. The molecule has 0 saturated carbocycles. The highest BCUT2D eigenvalue weighted by Gasteiger charge is 2.18. The Balaban J connectivity index is 1.79. The van der Waals surface area contributed by atoms with Crippen molar-refractivity contribution in [2.24, 2.45) is 0 Å². The lowest BCUT2D eigenvalue weighted by atomic mass is 10.2. The molecule has 2 aromatic heterocycles. The van der Waals surface area contributed by atoms with Crippen LogP contribution in [0.25, 0.3) is 10.7 Å². The van der Waals surface area contributed by atoms with Gasteiger partial charge in [0.15, 0.2) is 23.1 Å².